The first-order valence-corrected chi connectivity index (χ1v) is 19.3. The number of imidazole rings is 1. The summed E-state index contributed by atoms with van der Waals surface area (Å²) in [6.07, 6.45) is 1.38. The lowest BCUT2D eigenvalue weighted by Gasteiger charge is -2.16. The van der Waals surface area contributed by atoms with E-state index in [9.17, 15) is 35.0 Å². The molecule has 0 fully saturated rings. The molecule has 1 atom stereocenters. The maximum atomic E-state index is 14.5. The zero-order valence-corrected chi connectivity index (χ0v) is 30.0. The normalized spacial score (nSPS) is 12.5. The van der Waals surface area contributed by atoms with Gasteiger partial charge in [-0.05, 0) is 55.8 Å². The van der Waals surface area contributed by atoms with Crippen LogP contribution in [0.25, 0.3) is 11.0 Å². The van der Waals surface area contributed by atoms with Crippen molar-refractivity contribution >= 4 is 48.0 Å². The average molecular weight is 764 g/mol. The van der Waals surface area contributed by atoms with Crippen molar-refractivity contribution in [3.05, 3.63) is 95.3 Å². The van der Waals surface area contributed by atoms with Crippen LogP contribution in [-0.4, -0.2) is 74.5 Å². The number of benzene rings is 3. The second kappa shape index (κ2) is 15.2. The number of aromatic nitrogens is 3. The fourth-order valence-corrected chi connectivity index (χ4v) is 9.30. The Hall–Kier alpha value is -4.78. The smallest absolute Gasteiger partial charge is 0.387 e. The summed E-state index contributed by atoms with van der Waals surface area (Å²) in [5, 5.41) is -0.487. The fourth-order valence-electron chi connectivity index (χ4n) is 5.00. The monoisotopic (exact) mass is 763 g/mol. The summed E-state index contributed by atoms with van der Waals surface area (Å²) in [6, 6.07) is 14.7. The van der Waals surface area contributed by atoms with Crippen molar-refractivity contribution in [1.29, 1.82) is 0 Å². The van der Waals surface area contributed by atoms with Gasteiger partial charge < -0.3 is 23.5 Å². The number of nitrogens with zero attached hydrogens (tertiary/aromatic N) is 3. The number of esters is 1. The first kappa shape index (κ1) is 37.5. The first-order chi connectivity index (χ1) is 24.2. The second-order valence-electron chi connectivity index (χ2n) is 10.9. The van der Waals surface area contributed by atoms with Gasteiger partial charge in [0.05, 0.1) is 46.4 Å². The molecule has 3 aromatic carbocycles. The summed E-state index contributed by atoms with van der Waals surface area (Å²) in [4.78, 5) is 21.2. The standard InChI is InChI=1S/C33H31F2N3O10S3/c1-20-5-10-24(11-6-20)50(41,42)16-15-47-31(39)22-8-7-21(2)29(17-22)51(43,44)38-27-18-23(48-32(34)35)9-12-25(27)37-33(38)49(40)19-26-30(46-4)28(45-3)13-14-36-26/h5-14,17-18,32H,15-16,19H2,1-4H3. The van der Waals surface area contributed by atoms with Crippen molar-refractivity contribution in [3.63, 3.8) is 0 Å². The van der Waals surface area contributed by atoms with Gasteiger partial charge in [0.15, 0.2) is 27.1 Å². The van der Waals surface area contributed by atoms with E-state index >= 15 is 0 Å². The maximum absolute atomic E-state index is 14.5. The molecule has 0 aliphatic carbocycles. The molecular weight excluding hydrogens is 733 g/mol. The van der Waals surface area contributed by atoms with Crippen molar-refractivity contribution < 1.29 is 53.9 Å². The van der Waals surface area contributed by atoms with E-state index in [1.165, 1.54) is 63.7 Å². The van der Waals surface area contributed by atoms with E-state index in [1.54, 1.807) is 19.1 Å². The van der Waals surface area contributed by atoms with Crippen LogP contribution in [0.2, 0.25) is 0 Å². The molecule has 0 N–H and O–H groups in total. The zero-order chi connectivity index (χ0) is 37.1. The first-order valence-electron chi connectivity index (χ1n) is 14.9. The van der Waals surface area contributed by atoms with E-state index in [0.717, 1.165) is 23.8 Å². The van der Waals surface area contributed by atoms with Crippen LogP contribution in [0.15, 0.2) is 87.9 Å². The van der Waals surface area contributed by atoms with E-state index in [-0.39, 0.29) is 44.2 Å². The number of ether oxygens (including phenoxy) is 4. The molecule has 13 nitrogen and oxygen atoms in total. The van der Waals surface area contributed by atoms with E-state index in [2.05, 4.69) is 14.7 Å². The lowest BCUT2D eigenvalue weighted by atomic mass is 10.1. The molecule has 2 heterocycles. The minimum atomic E-state index is -4.80. The molecule has 5 rings (SSSR count). The highest BCUT2D eigenvalue weighted by Gasteiger charge is 2.34. The van der Waals surface area contributed by atoms with Crippen LogP contribution >= 0.6 is 0 Å². The van der Waals surface area contributed by atoms with Gasteiger partial charge in [-0.15, -0.1) is 0 Å². The Kier molecular flexibility index (Phi) is 11.2. The van der Waals surface area contributed by atoms with Gasteiger partial charge in [-0.25, -0.2) is 21.6 Å². The van der Waals surface area contributed by atoms with Crippen molar-refractivity contribution in [2.24, 2.45) is 0 Å². The number of hydrogen-bond donors (Lipinski definition) is 0. The summed E-state index contributed by atoms with van der Waals surface area (Å²) >= 11 is -2.25. The highest BCUT2D eigenvalue weighted by atomic mass is 32.2. The zero-order valence-electron chi connectivity index (χ0n) is 27.5. The number of rotatable bonds is 14. The van der Waals surface area contributed by atoms with Crippen LogP contribution in [-0.2, 0) is 41.5 Å². The van der Waals surface area contributed by atoms with Crippen molar-refractivity contribution in [1.82, 2.24) is 13.9 Å². The van der Waals surface area contributed by atoms with Crippen LogP contribution in [0.1, 0.15) is 27.2 Å². The van der Waals surface area contributed by atoms with Gasteiger partial charge in [0.25, 0.3) is 10.0 Å². The number of hydrogen-bond acceptors (Lipinski definition) is 12. The summed E-state index contributed by atoms with van der Waals surface area (Å²) in [6.45, 7) is -0.496. The highest BCUT2D eigenvalue weighted by Crippen LogP contribution is 2.35. The quantitative estimate of drug-likeness (QED) is 0.111. The minimum absolute atomic E-state index is 0.0166. The van der Waals surface area contributed by atoms with Crippen LogP contribution in [0.5, 0.6) is 17.2 Å². The Labute approximate surface area is 295 Å². The van der Waals surface area contributed by atoms with Crippen LogP contribution in [0.4, 0.5) is 8.78 Å². The number of aryl methyl sites for hydroxylation is 2. The number of fused-ring (bicyclic) bond motifs is 1. The second-order valence-corrected chi connectivity index (χ2v) is 16.1. The Morgan fingerprint density at radius 1 is 0.961 bits per heavy atom. The number of methoxy groups -OCH3 is 2. The number of alkyl halides is 2. The van der Waals surface area contributed by atoms with E-state index in [1.807, 2.05) is 0 Å². The Morgan fingerprint density at radius 2 is 1.69 bits per heavy atom. The van der Waals surface area contributed by atoms with Crippen molar-refractivity contribution in [3.8, 4) is 17.2 Å². The number of halogens is 2. The van der Waals surface area contributed by atoms with Crippen LogP contribution < -0.4 is 14.2 Å². The topological polar surface area (TPSA) is 176 Å². The third kappa shape index (κ3) is 8.08. The van der Waals surface area contributed by atoms with E-state index in [0.29, 0.717) is 3.97 Å². The van der Waals surface area contributed by atoms with Gasteiger partial charge in [-0.2, -0.15) is 17.7 Å². The molecule has 5 aromatic rings. The fraction of sp³-hybridized carbons (Fsp3) is 0.242. The molecule has 0 aliphatic rings. The molecule has 1 unspecified atom stereocenters. The average Bonchev–Trinajstić information content (AvgIpc) is 3.48. The predicted molar refractivity (Wildman–Crippen MR) is 181 cm³/mol. The van der Waals surface area contributed by atoms with Gasteiger partial charge >= 0.3 is 17.7 Å². The lowest BCUT2D eigenvalue weighted by Crippen LogP contribution is -2.22. The molecule has 0 amide bonds. The number of sulfone groups is 1. The molecule has 0 radical (unpaired) electrons. The molecule has 0 saturated heterocycles. The van der Waals surface area contributed by atoms with Crippen molar-refractivity contribution in [2.45, 2.75) is 41.2 Å². The van der Waals surface area contributed by atoms with Gasteiger partial charge in [0.1, 0.15) is 18.1 Å². The van der Waals surface area contributed by atoms with E-state index < -0.39 is 77.5 Å². The Balaban J connectivity index is 1.52. The van der Waals surface area contributed by atoms with Crippen LogP contribution in [0.3, 0.4) is 0 Å². The molecule has 18 heteroatoms. The number of pyridine rings is 1. The summed E-state index contributed by atoms with van der Waals surface area (Å²) in [5.41, 5.74) is 0.684. The van der Waals surface area contributed by atoms with E-state index in [4.69, 9.17) is 14.2 Å². The predicted octanol–water partition coefficient (Wildman–Crippen LogP) is 4.84. The molecule has 270 valence electrons. The molecule has 51 heavy (non-hydrogen) atoms. The maximum Gasteiger partial charge on any atom is 0.387 e. The SMILES string of the molecule is COc1ccnc(C[S+]([O-])c2nc3ccc(OC(F)F)cc3n2S(=O)(=O)c2cc(C(=O)OCCS(=O)(=O)c3ccc(C)cc3)ccc2C)c1OC. The van der Waals surface area contributed by atoms with Gasteiger partial charge in [-0.3, -0.25) is 4.98 Å². The summed E-state index contributed by atoms with van der Waals surface area (Å²) < 4.78 is 116. The molecular formula is C33H31F2N3O10S3. The van der Waals surface area contributed by atoms with Crippen molar-refractivity contribution in [2.75, 3.05) is 26.6 Å². The highest BCUT2D eigenvalue weighted by molar-refractivity contribution is 7.93. The Bertz CT molecular complexity index is 2300. The Morgan fingerprint density at radius 3 is 2.35 bits per heavy atom. The van der Waals surface area contributed by atoms with Gasteiger partial charge in [0, 0.05) is 29.5 Å². The summed E-state index contributed by atoms with van der Waals surface area (Å²) in [7, 11) is -5.84. The third-order valence-corrected chi connectivity index (χ3v) is 12.4. The molecule has 0 spiro atoms. The molecule has 0 saturated carbocycles. The minimum Gasteiger partial charge on any atom is -0.609 e. The van der Waals surface area contributed by atoms with Gasteiger partial charge in [-0.1, -0.05) is 23.8 Å². The number of carbonyl (C=O) groups excluding carboxylic acids is 1. The molecule has 0 bridgehead atoms. The molecule has 2 aromatic heterocycles. The third-order valence-electron chi connectivity index (χ3n) is 7.53. The lowest BCUT2D eigenvalue weighted by molar-refractivity contribution is -0.0497. The summed E-state index contributed by atoms with van der Waals surface area (Å²) in [5.74, 6) is -1.88. The van der Waals surface area contributed by atoms with Gasteiger partial charge in [0.2, 0.25) is 0 Å². The largest absolute Gasteiger partial charge is 0.609 e. The number of carbonyl (C=O) groups is 1. The molecule has 0 aliphatic heterocycles. The van der Waals surface area contributed by atoms with Crippen LogP contribution in [0, 0.1) is 13.8 Å².